The molecule has 1 N–H and O–H groups in total. The van der Waals surface area contributed by atoms with Gasteiger partial charge in [-0.05, 0) is 49.5 Å². The second kappa shape index (κ2) is 11.3. The van der Waals surface area contributed by atoms with Gasteiger partial charge in [0, 0.05) is 25.2 Å². The maximum atomic E-state index is 12.8. The summed E-state index contributed by atoms with van der Waals surface area (Å²) in [5.41, 5.74) is 0.374. The zero-order chi connectivity index (χ0) is 23.8. The zero-order valence-electron chi connectivity index (χ0n) is 20.3. The number of nitriles is 1. The van der Waals surface area contributed by atoms with Gasteiger partial charge < -0.3 is 19.5 Å². The molecular weight excluding hydrogens is 406 g/mol. The summed E-state index contributed by atoms with van der Waals surface area (Å²) >= 11 is 0. The van der Waals surface area contributed by atoms with E-state index in [-0.39, 0.29) is 16.9 Å². The van der Waals surface area contributed by atoms with Crippen molar-refractivity contribution in [2.75, 3.05) is 46.6 Å². The van der Waals surface area contributed by atoms with Crippen LogP contribution in [0.3, 0.4) is 0 Å². The van der Waals surface area contributed by atoms with E-state index in [4.69, 9.17) is 14.2 Å². The minimum atomic E-state index is -0.432. The minimum Gasteiger partial charge on any atom is -0.493 e. The molecule has 1 aliphatic heterocycles. The molecule has 1 fully saturated rings. The highest BCUT2D eigenvalue weighted by atomic mass is 16.5. The van der Waals surface area contributed by atoms with Gasteiger partial charge in [-0.25, -0.2) is 0 Å². The molecule has 1 aromatic rings. The number of ether oxygens (including phenoxy) is 3. The van der Waals surface area contributed by atoms with Crippen LogP contribution in [0.25, 0.3) is 6.08 Å². The number of hydrogen-bond acceptors (Lipinski definition) is 6. The average molecular weight is 444 g/mol. The monoisotopic (exact) mass is 443 g/mol. The first-order valence-corrected chi connectivity index (χ1v) is 11.1. The first kappa shape index (κ1) is 25.7. The molecular formula is C25H37N3O4. The molecule has 0 radical (unpaired) electrons. The number of carbonyl (C=O) groups is 1. The predicted octanol–water partition coefficient (Wildman–Crippen LogP) is 3.64. The Morgan fingerprint density at radius 2 is 1.91 bits per heavy atom. The fraction of sp³-hybridized carbons (Fsp3) is 0.600. The molecule has 1 aliphatic rings. The van der Waals surface area contributed by atoms with Crippen molar-refractivity contribution < 1.29 is 19.0 Å². The summed E-state index contributed by atoms with van der Waals surface area (Å²) in [7, 11) is 1.59. The Labute approximate surface area is 192 Å². The summed E-state index contributed by atoms with van der Waals surface area (Å²) in [6, 6.07) is 7.41. The molecule has 32 heavy (non-hydrogen) atoms. The Bertz CT molecular complexity index is 844. The third-order valence-corrected chi connectivity index (χ3v) is 5.06. The zero-order valence-corrected chi connectivity index (χ0v) is 20.3. The van der Waals surface area contributed by atoms with Crippen LogP contribution in [0.1, 0.15) is 46.6 Å². The molecule has 0 aliphatic carbocycles. The standard InChI is InChI=1S/C25H37N3O4/c1-24(2,3)18-25(4,5)27-23(29)20(17-26)15-19-7-8-21(30-6)22(16-19)32-14-11-28-9-12-31-13-10-28/h7-8,15-16H,9-14,18H2,1-6H3,(H,27,29)/b20-15+. The van der Waals surface area contributed by atoms with Gasteiger partial charge >= 0.3 is 0 Å². The lowest BCUT2D eigenvalue weighted by Crippen LogP contribution is -2.46. The van der Waals surface area contributed by atoms with Crippen LogP contribution >= 0.6 is 0 Å². The highest BCUT2D eigenvalue weighted by Gasteiger charge is 2.28. The van der Waals surface area contributed by atoms with Crippen molar-refractivity contribution in [3.63, 3.8) is 0 Å². The Kier molecular flexibility index (Phi) is 9.11. The fourth-order valence-electron chi connectivity index (χ4n) is 4.07. The molecule has 1 aromatic carbocycles. The third-order valence-electron chi connectivity index (χ3n) is 5.06. The number of methoxy groups -OCH3 is 1. The van der Waals surface area contributed by atoms with Crippen LogP contribution in [-0.2, 0) is 9.53 Å². The van der Waals surface area contributed by atoms with Crippen LogP contribution in [-0.4, -0.2) is 62.9 Å². The van der Waals surface area contributed by atoms with Gasteiger partial charge in [-0.1, -0.05) is 26.8 Å². The van der Waals surface area contributed by atoms with E-state index >= 15 is 0 Å². The predicted molar refractivity (Wildman–Crippen MR) is 126 cm³/mol. The molecule has 1 saturated heterocycles. The van der Waals surface area contributed by atoms with Gasteiger partial charge in [0.1, 0.15) is 18.2 Å². The van der Waals surface area contributed by atoms with Crippen molar-refractivity contribution in [3.05, 3.63) is 29.3 Å². The lowest BCUT2D eigenvalue weighted by molar-refractivity contribution is -0.118. The van der Waals surface area contributed by atoms with Crippen LogP contribution in [0, 0.1) is 16.7 Å². The first-order chi connectivity index (χ1) is 15.0. The van der Waals surface area contributed by atoms with Gasteiger partial charge in [-0.3, -0.25) is 9.69 Å². The van der Waals surface area contributed by atoms with Gasteiger partial charge in [0.05, 0.1) is 20.3 Å². The summed E-state index contributed by atoms with van der Waals surface area (Å²) in [6.07, 6.45) is 2.37. The molecule has 1 heterocycles. The van der Waals surface area contributed by atoms with Gasteiger partial charge in [0.25, 0.3) is 5.91 Å². The second-order valence-electron chi connectivity index (χ2n) is 9.96. The van der Waals surface area contributed by atoms with Gasteiger partial charge in [-0.15, -0.1) is 0 Å². The molecule has 0 saturated carbocycles. The Balaban J connectivity index is 2.10. The summed E-state index contributed by atoms with van der Waals surface area (Å²) < 4.78 is 16.7. The molecule has 0 bridgehead atoms. The topological polar surface area (TPSA) is 83.8 Å². The first-order valence-electron chi connectivity index (χ1n) is 11.1. The molecule has 7 heteroatoms. The molecule has 0 spiro atoms. The van der Waals surface area contributed by atoms with Gasteiger partial charge in [-0.2, -0.15) is 5.26 Å². The van der Waals surface area contributed by atoms with Crippen molar-refractivity contribution in [1.82, 2.24) is 10.2 Å². The van der Waals surface area contributed by atoms with E-state index in [1.807, 2.05) is 19.9 Å². The van der Waals surface area contributed by atoms with E-state index in [9.17, 15) is 10.1 Å². The van der Waals surface area contributed by atoms with Crippen LogP contribution in [0.15, 0.2) is 23.8 Å². The molecule has 0 unspecified atom stereocenters. The number of nitrogens with zero attached hydrogens (tertiary/aromatic N) is 2. The molecule has 2 rings (SSSR count). The quantitative estimate of drug-likeness (QED) is 0.463. The van der Waals surface area contributed by atoms with E-state index in [1.54, 1.807) is 31.4 Å². The summed E-state index contributed by atoms with van der Waals surface area (Å²) in [5.74, 6) is 0.811. The summed E-state index contributed by atoms with van der Waals surface area (Å²) in [5, 5.41) is 12.6. The highest BCUT2D eigenvalue weighted by molar-refractivity contribution is 6.02. The van der Waals surface area contributed by atoms with Crippen molar-refractivity contribution >= 4 is 12.0 Å². The maximum Gasteiger partial charge on any atom is 0.262 e. The molecule has 0 aromatic heterocycles. The van der Waals surface area contributed by atoms with E-state index in [2.05, 4.69) is 31.0 Å². The lowest BCUT2D eigenvalue weighted by Gasteiger charge is -2.33. The number of benzene rings is 1. The van der Waals surface area contributed by atoms with Crippen molar-refractivity contribution in [2.45, 2.75) is 46.6 Å². The second-order valence-corrected chi connectivity index (χ2v) is 9.96. The number of nitrogens with one attached hydrogen (secondary N) is 1. The SMILES string of the molecule is COc1ccc(/C=C(\C#N)C(=O)NC(C)(C)CC(C)(C)C)cc1OCCN1CCOCC1. The fourth-order valence-corrected chi connectivity index (χ4v) is 4.07. The Morgan fingerprint density at radius 1 is 1.22 bits per heavy atom. The van der Waals surface area contributed by atoms with Crippen LogP contribution in [0.5, 0.6) is 11.5 Å². The molecule has 7 nitrogen and oxygen atoms in total. The number of hydrogen-bond donors (Lipinski definition) is 1. The van der Waals surface area contributed by atoms with Crippen LogP contribution in [0.2, 0.25) is 0 Å². The van der Waals surface area contributed by atoms with Gasteiger partial charge in [0.2, 0.25) is 0 Å². The minimum absolute atomic E-state index is 0.0522. The Morgan fingerprint density at radius 3 is 2.50 bits per heavy atom. The summed E-state index contributed by atoms with van der Waals surface area (Å²) in [4.78, 5) is 15.1. The largest absolute Gasteiger partial charge is 0.493 e. The normalized spacial score (nSPS) is 15.7. The number of carbonyl (C=O) groups excluding carboxylic acids is 1. The number of rotatable bonds is 9. The van der Waals surface area contributed by atoms with Crippen LogP contribution in [0.4, 0.5) is 0 Å². The molecule has 0 atom stereocenters. The van der Waals surface area contributed by atoms with E-state index < -0.39 is 5.54 Å². The molecule has 176 valence electrons. The molecule has 1 amide bonds. The average Bonchev–Trinajstić information content (AvgIpc) is 2.70. The van der Waals surface area contributed by atoms with Crippen LogP contribution < -0.4 is 14.8 Å². The lowest BCUT2D eigenvalue weighted by atomic mass is 9.81. The highest BCUT2D eigenvalue weighted by Crippen LogP contribution is 2.30. The van der Waals surface area contributed by atoms with E-state index in [0.29, 0.717) is 23.7 Å². The van der Waals surface area contributed by atoms with Crippen molar-refractivity contribution in [3.8, 4) is 17.6 Å². The number of amides is 1. The number of morpholine rings is 1. The van der Waals surface area contributed by atoms with Crippen molar-refractivity contribution in [2.24, 2.45) is 5.41 Å². The third kappa shape index (κ3) is 8.52. The van der Waals surface area contributed by atoms with Gasteiger partial charge in [0.15, 0.2) is 11.5 Å². The maximum absolute atomic E-state index is 12.8. The van der Waals surface area contributed by atoms with Crippen molar-refractivity contribution in [1.29, 1.82) is 5.26 Å². The Hall–Kier alpha value is -2.56. The summed E-state index contributed by atoms with van der Waals surface area (Å²) in [6.45, 7) is 14.9. The van der Waals surface area contributed by atoms with E-state index in [1.165, 1.54) is 0 Å². The smallest absolute Gasteiger partial charge is 0.262 e. The van der Waals surface area contributed by atoms with E-state index in [0.717, 1.165) is 39.3 Å².